The molecule has 16 heavy (non-hydrogen) atoms. The maximum Gasteiger partial charge on any atom is 0.170 e. The molecule has 86 valence electrons. The largest absolute Gasteiger partial charge is 0.409 e. The van der Waals surface area contributed by atoms with Crippen LogP contribution in [0.4, 0.5) is 0 Å². The van der Waals surface area contributed by atoms with Crippen LogP contribution in [0.25, 0.3) is 0 Å². The number of rotatable bonds is 4. The minimum atomic E-state index is 0.148. The second kappa shape index (κ2) is 4.53. The van der Waals surface area contributed by atoms with E-state index in [0.29, 0.717) is 6.04 Å². The normalized spacial score (nSPS) is 24.4. The molecule has 4 nitrogen and oxygen atoms in total. The fourth-order valence-corrected chi connectivity index (χ4v) is 1.71. The van der Waals surface area contributed by atoms with Crippen LogP contribution in [0, 0.1) is 5.92 Å². The Balaban J connectivity index is 1.91. The first-order chi connectivity index (χ1) is 7.70. The first-order valence-corrected chi connectivity index (χ1v) is 5.51. The topological polar surface area (TPSA) is 70.6 Å². The van der Waals surface area contributed by atoms with Gasteiger partial charge in [0.05, 0.1) is 0 Å². The minimum absolute atomic E-state index is 0.148. The summed E-state index contributed by atoms with van der Waals surface area (Å²) in [6, 6.07) is 8.40. The van der Waals surface area contributed by atoms with Crippen LogP contribution >= 0.6 is 0 Å². The van der Waals surface area contributed by atoms with Crippen molar-refractivity contribution < 1.29 is 5.21 Å². The molecule has 2 atom stereocenters. The highest BCUT2D eigenvalue weighted by atomic mass is 16.4. The smallest absolute Gasteiger partial charge is 0.170 e. The molecule has 2 rings (SSSR count). The summed E-state index contributed by atoms with van der Waals surface area (Å²) >= 11 is 0. The van der Waals surface area contributed by atoms with Crippen LogP contribution in [0.3, 0.4) is 0 Å². The predicted molar refractivity (Wildman–Crippen MR) is 63.4 cm³/mol. The molecule has 1 aliphatic rings. The SMILES string of the molecule is CC1CC1NCc1ccc(C(N)=NO)cc1. The van der Waals surface area contributed by atoms with Crippen molar-refractivity contribution in [2.45, 2.75) is 25.9 Å². The van der Waals surface area contributed by atoms with Crippen LogP contribution in [0.1, 0.15) is 24.5 Å². The lowest BCUT2D eigenvalue weighted by Gasteiger charge is -2.04. The summed E-state index contributed by atoms with van der Waals surface area (Å²) in [6.07, 6.45) is 1.28. The molecular formula is C12H17N3O. The molecule has 1 aromatic carbocycles. The number of nitrogens with two attached hydrogens (primary N) is 1. The van der Waals surface area contributed by atoms with Crippen LogP contribution in [-0.4, -0.2) is 17.1 Å². The fourth-order valence-electron chi connectivity index (χ4n) is 1.71. The lowest BCUT2D eigenvalue weighted by Crippen LogP contribution is -2.17. The quantitative estimate of drug-likeness (QED) is 0.309. The zero-order chi connectivity index (χ0) is 11.5. The molecule has 1 saturated carbocycles. The van der Waals surface area contributed by atoms with Gasteiger partial charge in [0.25, 0.3) is 0 Å². The van der Waals surface area contributed by atoms with Crippen molar-refractivity contribution in [3.63, 3.8) is 0 Å². The van der Waals surface area contributed by atoms with Gasteiger partial charge in [-0.05, 0) is 17.9 Å². The lowest BCUT2D eigenvalue weighted by molar-refractivity contribution is 0.318. The molecule has 0 radical (unpaired) electrons. The van der Waals surface area contributed by atoms with Crippen molar-refractivity contribution in [3.8, 4) is 0 Å². The standard InChI is InChI=1S/C12H17N3O/c1-8-6-11(8)14-7-9-2-4-10(5-3-9)12(13)15-16/h2-5,8,11,14,16H,6-7H2,1H3,(H2,13,15). The Morgan fingerprint density at radius 1 is 1.50 bits per heavy atom. The Kier molecular flexibility index (Phi) is 3.10. The summed E-state index contributed by atoms with van der Waals surface area (Å²) in [4.78, 5) is 0. The van der Waals surface area contributed by atoms with E-state index in [-0.39, 0.29) is 5.84 Å². The van der Waals surface area contributed by atoms with Crippen molar-refractivity contribution >= 4 is 5.84 Å². The predicted octanol–water partition coefficient (Wildman–Crippen LogP) is 1.28. The zero-order valence-electron chi connectivity index (χ0n) is 9.35. The monoisotopic (exact) mass is 219 g/mol. The van der Waals surface area contributed by atoms with Gasteiger partial charge in [0.2, 0.25) is 0 Å². The molecule has 4 N–H and O–H groups in total. The van der Waals surface area contributed by atoms with E-state index in [1.165, 1.54) is 12.0 Å². The van der Waals surface area contributed by atoms with E-state index < -0.39 is 0 Å². The molecule has 1 aliphatic carbocycles. The molecule has 1 fully saturated rings. The number of nitrogens with zero attached hydrogens (tertiary/aromatic N) is 1. The summed E-state index contributed by atoms with van der Waals surface area (Å²) in [6.45, 7) is 3.13. The van der Waals surface area contributed by atoms with Crippen molar-refractivity contribution in [2.24, 2.45) is 16.8 Å². The third-order valence-electron chi connectivity index (χ3n) is 3.04. The summed E-state index contributed by atoms with van der Waals surface area (Å²) in [5, 5.41) is 15.0. The highest BCUT2D eigenvalue weighted by molar-refractivity contribution is 5.96. The highest BCUT2D eigenvalue weighted by Gasteiger charge is 2.31. The Labute approximate surface area is 95.1 Å². The molecule has 0 aliphatic heterocycles. The van der Waals surface area contributed by atoms with E-state index in [1.54, 1.807) is 0 Å². The van der Waals surface area contributed by atoms with Crippen LogP contribution in [-0.2, 0) is 6.54 Å². The average molecular weight is 219 g/mol. The molecule has 1 aromatic rings. The van der Waals surface area contributed by atoms with Crippen molar-refractivity contribution in [2.75, 3.05) is 0 Å². The van der Waals surface area contributed by atoms with E-state index in [1.807, 2.05) is 24.3 Å². The molecular weight excluding hydrogens is 202 g/mol. The van der Waals surface area contributed by atoms with Crippen LogP contribution in [0.2, 0.25) is 0 Å². The Bertz CT molecular complexity index is 386. The van der Waals surface area contributed by atoms with E-state index >= 15 is 0 Å². The van der Waals surface area contributed by atoms with Gasteiger partial charge < -0.3 is 16.3 Å². The van der Waals surface area contributed by atoms with Gasteiger partial charge in [0, 0.05) is 18.2 Å². The van der Waals surface area contributed by atoms with E-state index in [0.717, 1.165) is 18.0 Å². The van der Waals surface area contributed by atoms with E-state index in [9.17, 15) is 0 Å². The van der Waals surface area contributed by atoms with Crippen molar-refractivity contribution in [1.82, 2.24) is 5.32 Å². The maximum atomic E-state index is 8.52. The summed E-state index contributed by atoms with van der Waals surface area (Å²) in [5.41, 5.74) is 7.44. The van der Waals surface area contributed by atoms with Gasteiger partial charge in [-0.2, -0.15) is 0 Å². The van der Waals surface area contributed by atoms with Crippen LogP contribution in [0.5, 0.6) is 0 Å². The maximum absolute atomic E-state index is 8.52. The second-order valence-electron chi connectivity index (χ2n) is 4.38. The number of oxime groups is 1. The lowest BCUT2D eigenvalue weighted by atomic mass is 10.1. The van der Waals surface area contributed by atoms with Crippen LogP contribution < -0.4 is 11.1 Å². The van der Waals surface area contributed by atoms with Gasteiger partial charge >= 0.3 is 0 Å². The molecule has 0 saturated heterocycles. The summed E-state index contributed by atoms with van der Waals surface area (Å²) < 4.78 is 0. The van der Waals surface area contributed by atoms with Crippen molar-refractivity contribution in [3.05, 3.63) is 35.4 Å². The van der Waals surface area contributed by atoms with Gasteiger partial charge in [-0.15, -0.1) is 0 Å². The Morgan fingerprint density at radius 2 is 2.12 bits per heavy atom. The Morgan fingerprint density at radius 3 is 2.62 bits per heavy atom. The van der Waals surface area contributed by atoms with Gasteiger partial charge in [-0.3, -0.25) is 0 Å². The summed E-state index contributed by atoms with van der Waals surface area (Å²) in [7, 11) is 0. The van der Waals surface area contributed by atoms with Gasteiger partial charge in [0.15, 0.2) is 5.84 Å². The fraction of sp³-hybridized carbons (Fsp3) is 0.417. The Hall–Kier alpha value is -1.55. The van der Waals surface area contributed by atoms with Crippen LogP contribution in [0.15, 0.2) is 29.4 Å². The molecule has 0 aromatic heterocycles. The first kappa shape index (κ1) is 11.0. The molecule has 0 amide bonds. The number of benzene rings is 1. The van der Waals surface area contributed by atoms with Gasteiger partial charge in [-0.1, -0.05) is 36.3 Å². The summed E-state index contributed by atoms with van der Waals surface area (Å²) in [5.74, 6) is 0.965. The third-order valence-corrected chi connectivity index (χ3v) is 3.04. The minimum Gasteiger partial charge on any atom is -0.409 e. The number of amidine groups is 1. The molecule has 2 unspecified atom stereocenters. The van der Waals surface area contributed by atoms with Gasteiger partial charge in [-0.25, -0.2) is 0 Å². The number of hydrogen-bond donors (Lipinski definition) is 3. The third kappa shape index (κ3) is 2.52. The highest BCUT2D eigenvalue weighted by Crippen LogP contribution is 2.29. The van der Waals surface area contributed by atoms with E-state index in [2.05, 4.69) is 17.4 Å². The first-order valence-electron chi connectivity index (χ1n) is 5.51. The molecule has 0 spiro atoms. The second-order valence-corrected chi connectivity index (χ2v) is 4.38. The molecule has 0 heterocycles. The zero-order valence-corrected chi connectivity index (χ0v) is 9.35. The number of hydrogen-bond acceptors (Lipinski definition) is 3. The molecule has 0 bridgehead atoms. The average Bonchev–Trinajstić information content (AvgIpc) is 3.02. The molecule has 4 heteroatoms. The van der Waals surface area contributed by atoms with Gasteiger partial charge in [0.1, 0.15) is 0 Å². The number of nitrogens with one attached hydrogen (secondary N) is 1. The van der Waals surface area contributed by atoms with Crippen molar-refractivity contribution in [1.29, 1.82) is 0 Å². The van der Waals surface area contributed by atoms with E-state index in [4.69, 9.17) is 10.9 Å².